The molecule has 0 aliphatic carbocycles. The first-order valence-electron chi connectivity index (χ1n) is 5.50. The first-order chi connectivity index (χ1) is 7.24. The number of aliphatic hydroxyl groups excluding tert-OH is 1. The number of aromatic nitrogens is 1. The summed E-state index contributed by atoms with van der Waals surface area (Å²) >= 11 is 1.74. The van der Waals surface area contributed by atoms with Gasteiger partial charge in [0, 0.05) is 25.0 Å². The summed E-state index contributed by atoms with van der Waals surface area (Å²) in [6.45, 7) is 6.43. The van der Waals surface area contributed by atoms with E-state index in [1.807, 2.05) is 0 Å². The van der Waals surface area contributed by atoms with Gasteiger partial charge < -0.3 is 10.4 Å². The van der Waals surface area contributed by atoms with E-state index in [1.165, 1.54) is 10.7 Å². The van der Waals surface area contributed by atoms with Crippen molar-refractivity contribution in [2.75, 3.05) is 19.7 Å². The lowest BCUT2D eigenvalue weighted by Crippen LogP contribution is -2.19. The van der Waals surface area contributed by atoms with E-state index in [2.05, 4.69) is 29.5 Å². The summed E-state index contributed by atoms with van der Waals surface area (Å²) in [5.74, 6) is 0.525. The van der Waals surface area contributed by atoms with Crippen molar-refractivity contribution in [3.8, 4) is 0 Å². The van der Waals surface area contributed by atoms with Crippen LogP contribution in [0.15, 0.2) is 5.38 Å². The maximum Gasteiger partial charge on any atom is 0.0941 e. The van der Waals surface area contributed by atoms with E-state index in [9.17, 15) is 0 Å². The maximum atomic E-state index is 8.60. The molecule has 0 aliphatic heterocycles. The summed E-state index contributed by atoms with van der Waals surface area (Å²) in [6.07, 6.45) is 1.82. The molecule has 0 atom stereocenters. The Balaban J connectivity index is 2.20. The highest BCUT2D eigenvalue weighted by atomic mass is 32.1. The average molecular weight is 228 g/mol. The Morgan fingerprint density at radius 3 is 2.87 bits per heavy atom. The van der Waals surface area contributed by atoms with Crippen LogP contribution in [0.1, 0.15) is 36.9 Å². The standard InChI is InChI=1S/C11H20N2OS/c1-9(2)10-8-15-11(13-10)4-6-12-5-3-7-14/h8-9,12,14H,3-7H2,1-2H3. The van der Waals surface area contributed by atoms with Gasteiger partial charge in [-0.25, -0.2) is 4.98 Å². The van der Waals surface area contributed by atoms with Gasteiger partial charge in [0.05, 0.1) is 10.7 Å². The van der Waals surface area contributed by atoms with E-state index in [0.717, 1.165) is 25.9 Å². The Labute approximate surface area is 95.6 Å². The van der Waals surface area contributed by atoms with E-state index in [0.29, 0.717) is 5.92 Å². The van der Waals surface area contributed by atoms with Crippen molar-refractivity contribution >= 4 is 11.3 Å². The number of rotatable bonds is 7. The highest BCUT2D eigenvalue weighted by Crippen LogP contribution is 2.17. The summed E-state index contributed by atoms with van der Waals surface area (Å²) in [5, 5.41) is 15.2. The number of nitrogens with zero attached hydrogens (tertiary/aromatic N) is 1. The molecular formula is C11H20N2OS. The van der Waals surface area contributed by atoms with Crippen LogP contribution in [-0.4, -0.2) is 29.8 Å². The molecule has 0 amide bonds. The van der Waals surface area contributed by atoms with Gasteiger partial charge in [0.2, 0.25) is 0 Å². The van der Waals surface area contributed by atoms with Crippen molar-refractivity contribution in [3.63, 3.8) is 0 Å². The van der Waals surface area contributed by atoms with E-state index in [1.54, 1.807) is 11.3 Å². The summed E-state index contributed by atoms with van der Waals surface area (Å²) in [6, 6.07) is 0. The van der Waals surface area contributed by atoms with E-state index >= 15 is 0 Å². The number of hydrogen-bond donors (Lipinski definition) is 2. The normalized spacial score (nSPS) is 11.2. The molecule has 0 fully saturated rings. The third-order valence-corrected chi connectivity index (χ3v) is 3.12. The molecule has 4 heteroatoms. The van der Waals surface area contributed by atoms with Crippen molar-refractivity contribution in [1.82, 2.24) is 10.3 Å². The summed E-state index contributed by atoms with van der Waals surface area (Å²) in [7, 11) is 0. The molecule has 0 aromatic carbocycles. The molecule has 0 bridgehead atoms. The zero-order chi connectivity index (χ0) is 11.1. The monoisotopic (exact) mass is 228 g/mol. The molecule has 0 radical (unpaired) electrons. The van der Waals surface area contributed by atoms with Gasteiger partial charge in [-0.05, 0) is 18.9 Å². The van der Waals surface area contributed by atoms with E-state index in [4.69, 9.17) is 5.11 Å². The van der Waals surface area contributed by atoms with E-state index in [-0.39, 0.29) is 6.61 Å². The molecule has 0 aliphatic rings. The topological polar surface area (TPSA) is 45.1 Å². The van der Waals surface area contributed by atoms with Crippen molar-refractivity contribution in [2.45, 2.75) is 32.6 Å². The third kappa shape index (κ3) is 4.73. The largest absolute Gasteiger partial charge is 0.396 e. The van der Waals surface area contributed by atoms with Gasteiger partial charge in [-0.2, -0.15) is 0 Å². The fourth-order valence-corrected chi connectivity index (χ4v) is 2.19. The van der Waals surface area contributed by atoms with Crippen LogP contribution in [-0.2, 0) is 6.42 Å². The molecular weight excluding hydrogens is 208 g/mol. The van der Waals surface area contributed by atoms with Gasteiger partial charge in [-0.1, -0.05) is 13.8 Å². The molecule has 0 saturated carbocycles. The van der Waals surface area contributed by atoms with Crippen LogP contribution >= 0.6 is 11.3 Å². The molecule has 0 unspecified atom stereocenters. The highest BCUT2D eigenvalue weighted by molar-refractivity contribution is 7.09. The smallest absolute Gasteiger partial charge is 0.0941 e. The van der Waals surface area contributed by atoms with Crippen LogP contribution in [0.25, 0.3) is 0 Å². The number of hydrogen-bond acceptors (Lipinski definition) is 4. The summed E-state index contributed by atoms with van der Waals surface area (Å²) in [5.41, 5.74) is 1.20. The Morgan fingerprint density at radius 1 is 1.47 bits per heavy atom. The second-order valence-electron chi connectivity index (χ2n) is 3.90. The zero-order valence-corrected chi connectivity index (χ0v) is 10.3. The fourth-order valence-electron chi connectivity index (χ4n) is 1.23. The third-order valence-electron chi connectivity index (χ3n) is 2.19. The predicted octanol–water partition coefficient (Wildman–Crippen LogP) is 1.78. The van der Waals surface area contributed by atoms with Gasteiger partial charge >= 0.3 is 0 Å². The van der Waals surface area contributed by atoms with Gasteiger partial charge in [-0.15, -0.1) is 11.3 Å². The van der Waals surface area contributed by atoms with Crippen molar-refractivity contribution in [1.29, 1.82) is 0 Å². The highest BCUT2D eigenvalue weighted by Gasteiger charge is 2.04. The first-order valence-corrected chi connectivity index (χ1v) is 6.38. The summed E-state index contributed by atoms with van der Waals surface area (Å²) < 4.78 is 0. The zero-order valence-electron chi connectivity index (χ0n) is 9.49. The van der Waals surface area contributed by atoms with Crippen LogP contribution in [0.2, 0.25) is 0 Å². The quantitative estimate of drug-likeness (QED) is 0.699. The summed E-state index contributed by atoms with van der Waals surface area (Å²) in [4.78, 5) is 4.56. The molecule has 1 aromatic rings. The molecule has 1 aromatic heterocycles. The van der Waals surface area contributed by atoms with Crippen LogP contribution in [0.4, 0.5) is 0 Å². The second kappa shape index (κ2) is 6.93. The lowest BCUT2D eigenvalue weighted by molar-refractivity contribution is 0.286. The van der Waals surface area contributed by atoms with Crippen molar-refractivity contribution < 1.29 is 5.11 Å². The molecule has 1 rings (SSSR count). The van der Waals surface area contributed by atoms with Crippen LogP contribution in [0.3, 0.4) is 0 Å². The second-order valence-corrected chi connectivity index (χ2v) is 4.84. The minimum absolute atomic E-state index is 0.266. The average Bonchev–Trinajstić information content (AvgIpc) is 2.66. The molecule has 1 heterocycles. The lowest BCUT2D eigenvalue weighted by atomic mass is 10.2. The molecule has 86 valence electrons. The van der Waals surface area contributed by atoms with Crippen LogP contribution in [0, 0.1) is 0 Å². The molecule has 0 spiro atoms. The lowest BCUT2D eigenvalue weighted by Gasteiger charge is -2.01. The van der Waals surface area contributed by atoms with Crippen molar-refractivity contribution in [3.05, 3.63) is 16.1 Å². The van der Waals surface area contributed by atoms with Crippen molar-refractivity contribution in [2.24, 2.45) is 0 Å². The molecule has 2 N–H and O–H groups in total. The predicted molar refractivity (Wildman–Crippen MR) is 64.5 cm³/mol. The maximum absolute atomic E-state index is 8.60. The minimum Gasteiger partial charge on any atom is -0.396 e. The Morgan fingerprint density at radius 2 is 2.27 bits per heavy atom. The molecule has 3 nitrogen and oxygen atoms in total. The van der Waals surface area contributed by atoms with Gasteiger partial charge in [0.25, 0.3) is 0 Å². The van der Waals surface area contributed by atoms with Crippen LogP contribution in [0.5, 0.6) is 0 Å². The molecule has 15 heavy (non-hydrogen) atoms. The van der Waals surface area contributed by atoms with Gasteiger partial charge in [0.15, 0.2) is 0 Å². The number of nitrogens with one attached hydrogen (secondary N) is 1. The molecule has 0 saturated heterocycles. The SMILES string of the molecule is CC(C)c1csc(CCNCCCO)n1. The number of aliphatic hydroxyl groups is 1. The Bertz CT molecular complexity index is 273. The Kier molecular flexibility index (Phi) is 5.83. The van der Waals surface area contributed by atoms with Gasteiger partial charge in [-0.3, -0.25) is 0 Å². The first kappa shape index (κ1) is 12.6. The minimum atomic E-state index is 0.266. The Hall–Kier alpha value is -0.450. The van der Waals surface area contributed by atoms with Crippen LogP contribution < -0.4 is 5.32 Å². The van der Waals surface area contributed by atoms with E-state index < -0.39 is 0 Å². The fraction of sp³-hybridized carbons (Fsp3) is 0.727. The van der Waals surface area contributed by atoms with Gasteiger partial charge in [0.1, 0.15) is 0 Å². The number of thiazole rings is 1.